The Labute approximate surface area is 108 Å². The fourth-order valence-electron chi connectivity index (χ4n) is 0.847. The molecule has 90 valence electrons. The third kappa shape index (κ3) is 5.64. The highest BCUT2D eigenvalue weighted by Crippen LogP contribution is 2.01. The highest BCUT2D eigenvalue weighted by Gasteiger charge is 2.00. The fourth-order valence-corrected chi connectivity index (χ4v) is 1.05. The molecule has 0 atom stereocenters. The number of rotatable bonds is 2. The molecule has 17 heavy (non-hydrogen) atoms. The van der Waals surface area contributed by atoms with Crippen molar-refractivity contribution < 1.29 is 9.21 Å². The maximum atomic E-state index is 11.3. The summed E-state index contributed by atoms with van der Waals surface area (Å²) in [6.45, 7) is 0. The fraction of sp³-hybridized carbons (Fsp3) is 0. The lowest BCUT2D eigenvalue weighted by molar-refractivity contribution is -0.115. The van der Waals surface area contributed by atoms with Crippen LogP contribution in [-0.2, 0) is 4.79 Å². The smallest absolute Gasteiger partial charge is 0.250 e. The van der Waals surface area contributed by atoms with E-state index in [4.69, 9.17) is 22.4 Å². The Balaban J connectivity index is 2.34. The molecule has 0 bridgehead atoms. The van der Waals surface area contributed by atoms with Crippen LogP contribution in [0.25, 0.3) is 6.08 Å². The van der Waals surface area contributed by atoms with E-state index in [0.29, 0.717) is 5.76 Å². The summed E-state index contributed by atoms with van der Waals surface area (Å²) in [4.78, 5) is 11.3. The predicted molar refractivity (Wildman–Crippen MR) is 71.5 cm³/mol. The van der Waals surface area contributed by atoms with Crippen molar-refractivity contribution in [2.75, 3.05) is 0 Å². The van der Waals surface area contributed by atoms with Gasteiger partial charge in [-0.15, -0.1) is 0 Å². The summed E-state index contributed by atoms with van der Waals surface area (Å²) >= 11 is 9.32. The second-order valence-electron chi connectivity index (χ2n) is 2.78. The van der Waals surface area contributed by atoms with Crippen molar-refractivity contribution in [1.29, 1.82) is 0 Å². The average molecular weight is 270 g/mol. The molecule has 0 fully saturated rings. The van der Waals surface area contributed by atoms with E-state index in [1.807, 2.05) is 0 Å². The number of carbonyl (C=O) groups excluding carboxylic acids is 1. The topological polar surface area (TPSA) is 92.3 Å². The summed E-state index contributed by atoms with van der Waals surface area (Å²) in [6, 6.07) is 3.44. The first-order chi connectivity index (χ1) is 8.08. The molecule has 8 heteroatoms. The van der Waals surface area contributed by atoms with Crippen LogP contribution in [-0.4, -0.2) is 16.1 Å². The van der Waals surface area contributed by atoms with E-state index in [2.05, 4.69) is 28.4 Å². The van der Waals surface area contributed by atoms with Crippen molar-refractivity contribution in [3.05, 3.63) is 30.2 Å². The number of amides is 1. The van der Waals surface area contributed by atoms with Gasteiger partial charge in [-0.3, -0.25) is 21.0 Å². The van der Waals surface area contributed by atoms with Gasteiger partial charge in [0.15, 0.2) is 10.2 Å². The molecule has 0 saturated heterocycles. The van der Waals surface area contributed by atoms with Crippen LogP contribution < -0.4 is 21.9 Å². The molecule has 0 aliphatic rings. The van der Waals surface area contributed by atoms with Gasteiger partial charge in [-0.25, -0.2) is 0 Å². The lowest BCUT2D eigenvalue weighted by Crippen LogP contribution is -2.49. The zero-order chi connectivity index (χ0) is 12.7. The molecule has 1 aromatic heterocycles. The monoisotopic (exact) mass is 270 g/mol. The van der Waals surface area contributed by atoms with Gasteiger partial charge in [-0.2, -0.15) is 0 Å². The summed E-state index contributed by atoms with van der Waals surface area (Å²) in [6.07, 6.45) is 4.31. The van der Waals surface area contributed by atoms with E-state index in [1.54, 1.807) is 12.1 Å². The van der Waals surface area contributed by atoms with Gasteiger partial charge in [0, 0.05) is 6.08 Å². The second-order valence-corrected chi connectivity index (χ2v) is 3.63. The number of hydrogen-bond acceptors (Lipinski definition) is 4. The van der Waals surface area contributed by atoms with Gasteiger partial charge in [-0.05, 0) is 42.6 Å². The SMILES string of the molecule is NC(=S)NNC(=S)NC(=O)C=Cc1ccco1. The van der Waals surface area contributed by atoms with Gasteiger partial charge < -0.3 is 10.2 Å². The molecular weight excluding hydrogens is 260 g/mol. The van der Waals surface area contributed by atoms with Gasteiger partial charge in [0.2, 0.25) is 5.91 Å². The summed E-state index contributed by atoms with van der Waals surface area (Å²) in [5.41, 5.74) is 9.97. The van der Waals surface area contributed by atoms with E-state index in [0.717, 1.165) is 0 Å². The molecule has 0 aliphatic carbocycles. The normalized spacial score (nSPS) is 9.88. The van der Waals surface area contributed by atoms with E-state index in [9.17, 15) is 4.79 Å². The summed E-state index contributed by atoms with van der Waals surface area (Å²) < 4.78 is 5.01. The maximum absolute atomic E-state index is 11.3. The number of nitrogens with two attached hydrogens (primary N) is 1. The minimum atomic E-state index is -0.399. The van der Waals surface area contributed by atoms with Gasteiger partial charge in [0.25, 0.3) is 0 Å². The summed E-state index contributed by atoms with van der Waals surface area (Å²) in [5.74, 6) is 0.170. The van der Waals surface area contributed by atoms with Crippen LogP contribution in [0, 0.1) is 0 Å². The van der Waals surface area contributed by atoms with Crippen LogP contribution in [0.4, 0.5) is 0 Å². The van der Waals surface area contributed by atoms with E-state index in [-0.39, 0.29) is 10.2 Å². The van der Waals surface area contributed by atoms with Gasteiger partial charge in [0.05, 0.1) is 6.26 Å². The molecule has 6 nitrogen and oxygen atoms in total. The molecule has 0 radical (unpaired) electrons. The van der Waals surface area contributed by atoms with Crippen LogP contribution in [0.5, 0.6) is 0 Å². The van der Waals surface area contributed by atoms with Crippen molar-refractivity contribution in [3.63, 3.8) is 0 Å². The third-order valence-electron chi connectivity index (χ3n) is 1.48. The molecule has 1 amide bonds. The zero-order valence-corrected chi connectivity index (χ0v) is 10.2. The largest absolute Gasteiger partial charge is 0.465 e. The van der Waals surface area contributed by atoms with Crippen LogP contribution >= 0.6 is 24.4 Å². The molecule has 5 N–H and O–H groups in total. The molecule has 1 heterocycles. The third-order valence-corrected chi connectivity index (χ3v) is 1.78. The highest BCUT2D eigenvalue weighted by molar-refractivity contribution is 7.80. The Kier molecular flexibility index (Phi) is 5.11. The molecule has 0 aromatic carbocycles. The molecule has 1 rings (SSSR count). The second kappa shape index (κ2) is 6.61. The lowest BCUT2D eigenvalue weighted by Gasteiger charge is -2.08. The molecular formula is C9H10N4O2S2. The molecule has 0 spiro atoms. The van der Waals surface area contributed by atoms with Gasteiger partial charge in [0.1, 0.15) is 5.76 Å². The molecule has 0 aliphatic heterocycles. The van der Waals surface area contributed by atoms with E-state index < -0.39 is 5.91 Å². The zero-order valence-electron chi connectivity index (χ0n) is 8.60. The Bertz CT molecular complexity index is 442. The summed E-state index contributed by atoms with van der Waals surface area (Å²) in [5, 5.41) is 2.46. The average Bonchev–Trinajstić information content (AvgIpc) is 2.76. The van der Waals surface area contributed by atoms with Crippen LogP contribution in [0.3, 0.4) is 0 Å². The lowest BCUT2D eigenvalue weighted by atomic mass is 10.4. The summed E-state index contributed by atoms with van der Waals surface area (Å²) in [7, 11) is 0. The Morgan fingerprint density at radius 2 is 2.18 bits per heavy atom. The minimum absolute atomic E-state index is 0.0210. The van der Waals surface area contributed by atoms with Crippen molar-refractivity contribution in [2.24, 2.45) is 5.73 Å². The van der Waals surface area contributed by atoms with Crippen molar-refractivity contribution >= 4 is 46.6 Å². The van der Waals surface area contributed by atoms with Crippen molar-refractivity contribution in [3.8, 4) is 0 Å². The van der Waals surface area contributed by atoms with Crippen molar-refractivity contribution in [2.45, 2.75) is 0 Å². The standard InChI is InChI=1S/C9H10N4O2S2/c10-8(16)12-13-9(17)11-7(14)4-3-6-2-1-5-15-6/h1-5H,(H3,10,12,16)(H2,11,13,14,17). The van der Waals surface area contributed by atoms with Crippen LogP contribution in [0.1, 0.15) is 5.76 Å². The van der Waals surface area contributed by atoms with Gasteiger partial charge in [-0.1, -0.05) is 0 Å². The Hall–Kier alpha value is -1.93. The van der Waals surface area contributed by atoms with Gasteiger partial charge >= 0.3 is 0 Å². The van der Waals surface area contributed by atoms with E-state index >= 15 is 0 Å². The predicted octanol–water partition coefficient (Wildman–Crippen LogP) is 0.0317. The van der Waals surface area contributed by atoms with E-state index in [1.165, 1.54) is 18.4 Å². The number of hydrogen-bond donors (Lipinski definition) is 4. The van der Waals surface area contributed by atoms with Crippen molar-refractivity contribution in [1.82, 2.24) is 16.2 Å². The number of nitrogens with one attached hydrogen (secondary N) is 3. The first kappa shape index (κ1) is 13.1. The van der Waals surface area contributed by atoms with Crippen LogP contribution in [0.2, 0.25) is 0 Å². The molecule has 1 aromatic rings. The van der Waals surface area contributed by atoms with Crippen LogP contribution in [0.15, 0.2) is 28.9 Å². The molecule has 0 saturated carbocycles. The Morgan fingerprint density at radius 1 is 1.41 bits per heavy atom. The first-order valence-electron chi connectivity index (χ1n) is 4.46. The molecule has 0 unspecified atom stereocenters. The minimum Gasteiger partial charge on any atom is -0.465 e. The number of furan rings is 1. The maximum Gasteiger partial charge on any atom is 0.250 e. The Morgan fingerprint density at radius 3 is 2.76 bits per heavy atom. The number of carbonyl (C=O) groups is 1. The highest BCUT2D eigenvalue weighted by atomic mass is 32.1. The number of hydrazine groups is 1. The quantitative estimate of drug-likeness (QED) is 0.342. The number of thiocarbonyl (C=S) groups is 2. The first-order valence-corrected chi connectivity index (χ1v) is 5.27.